The van der Waals surface area contributed by atoms with Crippen LogP contribution in [0, 0.1) is 12.3 Å². The Hall–Kier alpha value is -0.380. The van der Waals surface area contributed by atoms with Crippen molar-refractivity contribution < 1.29 is 0 Å². The summed E-state index contributed by atoms with van der Waals surface area (Å²) >= 11 is 1.94. The third-order valence-electron chi connectivity index (χ3n) is 3.97. The van der Waals surface area contributed by atoms with Crippen molar-refractivity contribution in [2.75, 3.05) is 19.6 Å². The van der Waals surface area contributed by atoms with Crippen molar-refractivity contribution in [1.82, 2.24) is 10.2 Å². The third-order valence-corrected chi connectivity index (χ3v) is 5.14. The second-order valence-electron chi connectivity index (χ2n) is 6.49. The van der Waals surface area contributed by atoms with Crippen molar-refractivity contribution >= 4 is 11.3 Å². The largest absolute Gasteiger partial charge is 0.311 e. The summed E-state index contributed by atoms with van der Waals surface area (Å²) in [6.45, 7) is 14.9. The van der Waals surface area contributed by atoms with Gasteiger partial charge in [-0.1, -0.05) is 20.8 Å². The van der Waals surface area contributed by atoms with E-state index >= 15 is 0 Å². The lowest BCUT2D eigenvalue weighted by molar-refractivity contribution is 0.105. The van der Waals surface area contributed by atoms with Crippen LogP contribution < -0.4 is 5.32 Å². The van der Waals surface area contributed by atoms with Gasteiger partial charge in [-0.2, -0.15) is 0 Å². The van der Waals surface area contributed by atoms with E-state index in [0.717, 1.165) is 19.6 Å². The fraction of sp³-hybridized carbons (Fsp3) is 0.733. The van der Waals surface area contributed by atoms with Gasteiger partial charge in [-0.25, -0.2) is 0 Å². The monoisotopic (exact) mass is 266 g/mol. The quantitative estimate of drug-likeness (QED) is 0.882. The van der Waals surface area contributed by atoms with E-state index in [0.29, 0.717) is 17.5 Å². The van der Waals surface area contributed by atoms with E-state index in [9.17, 15) is 0 Å². The Balaban J connectivity index is 2.05. The number of thiophene rings is 1. The van der Waals surface area contributed by atoms with E-state index in [1.54, 1.807) is 0 Å². The lowest BCUT2D eigenvalue weighted by Crippen LogP contribution is -2.56. The number of rotatable bonds is 2. The van der Waals surface area contributed by atoms with Gasteiger partial charge in [-0.15, -0.1) is 11.3 Å². The molecule has 0 aliphatic carbocycles. The Morgan fingerprint density at radius 2 is 2.11 bits per heavy atom. The topological polar surface area (TPSA) is 15.3 Å². The molecule has 3 heteroatoms. The number of aryl methyl sites for hydroxylation is 1. The van der Waals surface area contributed by atoms with Crippen molar-refractivity contribution in [3.8, 4) is 0 Å². The molecule has 0 saturated carbocycles. The molecule has 0 radical (unpaired) electrons. The lowest BCUT2D eigenvalue weighted by Gasteiger charge is -2.42. The van der Waals surface area contributed by atoms with Gasteiger partial charge in [0.2, 0.25) is 0 Å². The van der Waals surface area contributed by atoms with E-state index in [-0.39, 0.29) is 0 Å². The zero-order chi connectivity index (χ0) is 13.3. The van der Waals surface area contributed by atoms with Crippen LogP contribution in [0.2, 0.25) is 0 Å². The molecule has 2 nitrogen and oxygen atoms in total. The summed E-state index contributed by atoms with van der Waals surface area (Å²) < 4.78 is 0. The van der Waals surface area contributed by atoms with Crippen LogP contribution in [0.15, 0.2) is 12.1 Å². The van der Waals surface area contributed by atoms with Gasteiger partial charge in [0.05, 0.1) is 0 Å². The van der Waals surface area contributed by atoms with Crippen molar-refractivity contribution in [3.05, 3.63) is 21.9 Å². The van der Waals surface area contributed by atoms with E-state index in [1.165, 1.54) is 9.75 Å². The van der Waals surface area contributed by atoms with Gasteiger partial charge in [0.25, 0.3) is 0 Å². The van der Waals surface area contributed by atoms with Crippen LogP contribution in [-0.2, 0) is 0 Å². The fourth-order valence-corrected chi connectivity index (χ4v) is 3.53. The lowest BCUT2D eigenvalue weighted by atomic mass is 9.85. The maximum atomic E-state index is 3.66. The number of piperazine rings is 1. The summed E-state index contributed by atoms with van der Waals surface area (Å²) in [6, 6.07) is 5.67. The fourth-order valence-electron chi connectivity index (χ4n) is 2.56. The first-order valence-corrected chi connectivity index (χ1v) is 7.73. The van der Waals surface area contributed by atoms with Crippen molar-refractivity contribution in [3.63, 3.8) is 0 Å². The molecular formula is C15H26N2S. The summed E-state index contributed by atoms with van der Waals surface area (Å²) in [6.07, 6.45) is 0. The minimum absolute atomic E-state index is 0.337. The Morgan fingerprint density at radius 3 is 2.67 bits per heavy atom. The zero-order valence-electron chi connectivity index (χ0n) is 12.3. The molecule has 2 rings (SSSR count). The number of hydrogen-bond donors (Lipinski definition) is 1. The Kier molecular flexibility index (Phi) is 4.15. The average molecular weight is 266 g/mol. The predicted octanol–water partition coefficient (Wildman–Crippen LogP) is 3.44. The molecule has 1 aliphatic heterocycles. The van der Waals surface area contributed by atoms with Crippen LogP contribution in [0.4, 0.5) is 0 Å². The zero-order valence-corrected chi connectivity index (χ0v) is 13.1. The van der Waals surface area contributed by atoms with Gasteiger partial charge < -0.3 is 5.32 Å². The molecule has 1 aromatic heterocycles. The smallest absolute Gasteiger partial charge is 0.0414 e. The molecule has 1 aromatic rings. The Bertz CT molecular complexity index is 391. The molecule has 0 bridgehead atoms. The van der Waals surface area contributed by atoms with Crippen LogP contribution >= 0.6 is 11.3 Å². The Morgan fingerprint density at radius 1 is 1.39 bits per heavy atom. The van der Waals surface area contributed by atoms with Crippen molar-refractivity contribution in [2.24, 2.45) is 5.41 Å². The minimum Gasteiger partial charge on any atom is -0.311 e. The van der Waals surface area contributed by atoms with Gasteiger partial charge in [0.1, 0.15) is 0 Å². The van der Waals surface area contributed by atoms with Crippen LogP contribution in [-0.4, -0.2) is 30.6 Å². The summed E-state index contributed by atoms with van der Waals surface area (Å²) in [4.78, 5) is 5.54. The van der Waals surface area contributed by atoms with Gasteiger partial charge in [-0.05, 0) is 31.4 Å². The van der Waals surface area contributed by atoms with E-state index in [2.05, 4.69) is 57.0 Å². The molecule has 102 valence electrons. The first-order valence-electron chi connectivity index (χ1n) is 6.91. The summed E-state index contributed by atoms with van der Waals surface area (Å²) in [5.74, 6) is 0. The summed E-state index contributed by atoms with van der Waals surface area (Å²) in [5.41, 5.74) is 0.337. The predicted molar refractivity (Wildman–Crippen MR) is 80.3 cm³/mol. The second kappa shape index (κ2) is 5.32. The van der Waals surface area contributed by atoms with Crippen LogP contribution in [0.3, 0.4) is 0 Å². The highest BCUT2D eigenvalue weighted by molar-refractivity contribution is 7.12. The highest BCUT2D eigenvalue weighted by Crippen LogP contribution is 2.30. The van der Waals surface area contributed by atoms with Crippen LogP contribution in [0.25, 0.3) is 0 Å². The molecule has 18 heavy (non-hydrogen) atoms. The molecule has 1 saturated heterocycles. The molecule has 2 heterocycles. The normalized spacial score (nSPS) is 24.2. The molecule has 1 aliphatic rings. The number of hydrogen-bond acceptors (Lipinski definition) is 3. The molecule has 2 unspecified atom stereocenters. The minimum atomic E-state index is 0.337. The van der Waals surface area contributed by atoms with Gasteiger partial charge in [-0.3, -0.25) is 4.90 Å². The van der Waals surface area contributed by atoms with Gasteiger partial charge in [0.15, 0.2) is 0 Å². The molecule has 0 spiro atoms. The summed E-state index contributed by atoms with van der Waals surface area (Å²) in [7, 11) is 0. The maximum absolute atomic E-state index is 3.66. The highest BCUT2D eigenvalue weighted by atomic mass is 32.1. The molecule has 0 amide bonds. The average Bonchev–Trinajstić information content (AvgIpc) is 2.74. The van der Waals surface area contributed by atoms with E-state index in [4.69, 9.17) is 0 Å². The van der Waals surface area contributed by atoms with E-state index < -0.39 is 0 Å². The second-order valence-corrected chi connectivity index (χ2v) is 7.81. The molecular weight excluding hydrogens is 240 g/mol. The first-order chi connectivity index (χ1) is 8.38. The van der Waals surface area contributed by atoms with Crippen LogP contribution in [0.5, 0.6) is 0 Å². The Labute approximate surface area is 115 Å². The molecule has 2 atom stereocenters. The van der Waals surface area contributed by atoms with Gasteiger partial charge in [0, 0.05) is 41.5 Å². The molecule has 1 N–H and O–H groups in total. The van der Waals surface area contributed by atoms with E-state index in [1.807, 2.05) is 11.3 Å². The molecule has 0 aromatic carbocycles. The van der Waals surface area contributed by atoms with Gasteiger partial charge >= 0.3 is 0 Å². The molecule has 1 fully saturated rings. The number of nitrogens with one attached hydrogen (secondary N) is 1. The van der Waals surface area contributed by atoms with Crippen molar-refractivity contribution in [1.29, 1.82) is 0 Å². The first kappa shape index (κ1) is 14.0. The maximum Gasteiger partial charge on any atom is 0.0414 e. The van der Waals surface area contributed by atoms with Crippen LogP contribution in [0.1, 0.15) is 43.5 Å². The van der Waals surface area contributed by atoms with Crippen molar-refractivity contribution in [2.45, 2.75) is 46.7 Å². The number of nitrogens with zero attached hydrogens (tertiary/aromatic N) is 1. The summed E-state index contributed by atoms with van der Waals surface area (Å²) in [5, 5.41) is 3.66. The SMILES string of the molecule is Cc1ccc(C(C)N2CCNC(C(C)(C)C)C2)s1. The standard InChI is InChI=1S/C15H26N2S/c1-11-6-7-13(18-11)12(2)17-9-8-16-14(10-17)15(3,4)5/h6-7,12,14,16H,8-10H2,1-5H3. The third kappa shape index (κ3) is 3.14. The highest BCUT2D eigenvalue weighted by Gasteiger charge is 2.31.